The molecular formula is C25H18Cl3N3O3. The summed E-state index contributed by atoms with van der Waals surface area (Å²) in [5.74, 6) is -1.57. The molecule has 0 atom stereocenters. The highest BCUT2D eigenvalue weighted by atomic mass is 35.5. The van der Waals surface area contributed by atoms with E-state index in [1.165, 1.54) is 0 Å². The molecule has 1 aliphatic heterocycles. The second kappa shape index (κ2) is 9.50. The lowest BCUT2D eigenvalue weighted by atomic mass is 10.1. The predicted octanol–water partition coefficient (Wildman–Crippen LogP) is 6.30. The minimum absolute atomic E-state index is 0.0578. The number of aryl methyl sites for hydroxylation is 1. The van der Waals surface area contributed by atoms with Gasteiger partial charge < -0.3 is 10.6 Å². The molecule has 172 valence electrons. The second-order valence-electron chi connectivity index (χ2n) is 7.64. The van der Waals surface area contributed by atoms with Gasteiger partial charge in [-0.05, 0) is 73.5 Å². The molecule has 0 aromatic heterocycles. The normalized spacial score (nSPS) is 13.5. The van der Waals surface area contributed by atoms with Crippen LogP contribution in [0.4, 0.5) is 17.1 Å². The molecule has 0 aliphatic carbocycles. The van der Waals surface area contributed by atoms with Crippen LogP contribution in [0.1, 0.15) is 21.5 Å². The van der Waals surface area contributed by atoms with Gasteiger partial charge in [0.1, 0.15) is 10.7 Å². The first kappa shape index (κ1) is 23.8. The fourth-order valence-electron chi connectivity index (χ4n) is 3.39. The monoisotopic (exact) mass is 513 g/mol. The Morgan fingerprint density at radius 1 is 0.824 bits per heavy atom. The van der Waals surface area contributed by atoms with E-state index in [4.69, 9.17) is 34.8 Å². The van der Waals surface area contributed by atoms with Crippen molar-refractivity contribution in [2.45, 2.75) is 13.8 Å². The van der Waals surface area contributed by atoms with Crippen LogP contribution in [0.25, 0.3) is 0 Å². The highest BCUT2D eigenvalue weighted by Gasteiger charge is 2.39. The first-order chi connectivity index (χ1) is 16.2. The van der Waals surface area contributed by atoms with Crippen molar-refractivity contribution < 1.29 is 14.4 Å². The minimum atomic E-state index is -0.646. The Morgan fingerprint density at radius 2 is 1.50 bits per heavy atom. The highest BCUT2D eigenvalue weighted by molar-refractivity contribution is 6.53. The van der Waals surface area contributed by atoms with Crippen LogP contribution in [-0.2, 0) is 9.59 Å². The summed E-state index contributed by atoms with van der Waals surface area (Å²) < 4.78 is 0. The standard InChI is InChI=1S/C25H18Cl3N3O3/c1-13-6-9-17(12-19(13)27)30-23(32)15-7-10-16(11-8-15)29-22-21(28)24(33)31(25(22)34)20-5-3-4-18(26)14(20)2/h3-12,29H,1-2H3,(H,30,32). The summed E-state index contributed by atoms with van der Waals surface area (Å²) in [6, 6.07) is 16.6. The number of halogens is 3. The van der Waals surface area contributed by atoms with Gasteiger partial charge in [-0.3, -0.25) is 14.4 Å². The van der Waals surface area contributed by atoms with Crippen molar-refractivity contribution in [1.29, 1.82) is 0 Å². The van der Waals surface area contributed by atoms with Crippen molar-refractivity contribution in [2.75, 3.05) is 15.5 Å². The van der Waals surface area contributed by atoms with Gasteiger partial charge in [-0.1, -0.05) is 46.9 Å². The summed E-state index contributed by atoms with van der Waals surface area (Å²) in [5.41, 5.74) is 3.25. The molecule has 2 N–H and O–H groups in total. The predicted molar refractivity (Wildman–Crippen MR) is 136 cm³/mol. The van der Waals surface area contributed by atoms with Crippen LogP contribution < -0.4 is 15.5 Å². The molecular weight excluding hydrogens is 497 g/mol. The Morgan fingerprint density at radius 3 is 2.18 bits per heavy atom. The molecule has 4 rings (SSSR count). The lowest BCUT2D eigenvalue weighted by Crippen LogP contribution is -2.32. The molecule has 0 radical (unpaired) electrons. The molecule has 3 amide bonds. The molecule has 1 aliphatic rings. The zero-order chi connectivity index (χ0) is 24.6. The van der Waals surface area contributed by atoms with Crippen LogP contribution in [0.2, 0.25) is 10.0 Å². The quantitative estimate of drug-likeness (QED) is 0.392. The zero-order valence-corrected chi connectivity index (χ0v) is 20.3. The number of nitrogens with zero attached hydrogens (tertiary/aromatic N) is 1. The van der Waals surface area contributed by atoms with Gasteiger partial charge in [-0.25, -0.2) is 4.90 Å². The third kappa shape index (κ3) is 4.53. The van der Waals surface area contributed by atoms with E-state index in [0.29, 0.717) is 38.2 Å². The fourth-order valence-corrected chi connectivity index (χ4v) is 3.95. The third-order valence-corrected chi connectivity index (χ3v) is 6.52. The molecule has 0 bridgehead atoms. The number of nitrogens with one attached hydrogen (secondary N) is 2. The molecule has 1 heterocycles. The van der Waals surface area contributed by atoms with Gasteiger partial charge in [0.2, 0.25) is 0 Å². The highest BCUT2D eigenvalue weighted by Crippen LogP contribution is 2.34. The third-order valence-electron chi connectivity index (χ3n) is 5.35. The first-order valence-corrected chi connectivity index (χ1v) is 11.3. The maximum atomic E-state index is 13.0. The van der Waals surface area contributed by atoms with Crippen LogP contribution in [-0.4, -0.2) is 17.7 Å². The summed E-state index contributed by atoms with van der Waals surface area (Å²) >= 11 is 18.5. The van der Waals surface area contributed by atoms with E-state index < -0.39 is 11.8 Å². The molecule has 6 nitrogen and oxygen atoms in total. The largest absolute Gasteiger partial charge is 0.350 e. The van der Waals surface area contributed by atoms with Gasteiger partial charge in [0.05, 0.1) is 5.69 Å². The smallest absolute Gasteiger partial charge is 0.283 e. The molecule has 3 aromatic carbocycles. The van der Waals surface area contributed by atoms with E-state index in [0.717, 1.165) is 10.5 Å². The number of amides is 3. The van der Waals surface area contributed by atoms with Crippen molar-refractivity contribution in [2.24, 2.45) is 0 Å². The Labute approximate surface area is 211 Å². The van der Waals surface area contributed by atoms with Crippen molar-refractivity contribution in [3.05, 3.63) is 98.1 Å². The van der Waals surface area contributed by atoms with Crippen LogP contribution in [0, 0.1) is 13.8 Å². The Bertz CT molecular complexity index is 1370. The Kier molecular flexibility index (Phi) is 6.66. The van der Waals surface area contributed by atoms with Gasteiger partial charge in [0.15, 0.2) is 0 Å². The first-order valence-electron chi connectivity index (χ1n) is 10.2. The van der Waals surface area contributed by atoms with Crippen molar-refractivity contribution in [1.82, 2.24) is 0 Å². The molecule has 0 unspecified atom stereocenters. The summed E-state index contributed by atoms with van der Waals surface area (Å²) in [6.45, 7) is 3.59. The summed E-state index contributed by atoms with van der Waals surface area (Å²) in [5, 5.41) is 6.42. The summed E-state index contributed by atoms with van der Waals surface area (Å²) in [6.07, 6.45) is 0. The number of hydrogen-bond acceptors (Lipinski definition) is 4. The minimum Gasteiger partial charge on any atom is -0.350 e. The van der Waals surface area contributed by atoms with E-state index in [-0.39, 0.29) is 16.6 Å². The number of rotatable bonds is 5. The summed E-state index contributed by atoms with van der Waals surface area (Å²) in [7, 11) is 0. The number of carbonyl (C=O) groups excluding carboxylic acids is 3. The number of anilines is 3. The number of benzene rings is 3. The molecule has 9 heteroatoms. The molecule has 0 saturated carbocycles. The van der Waals surface area contributed by atoms with Gasteiger partial charge in [-0.2, -0.15) is 0 Å². The molecule has 34 heavy (non-hydrogen) atoms. The summed E-state index contributed by atoms with van der Waals surface area (Å²) in [4.78, 5) is 39.3. The molecule has 0 spiro atoms. The van der Waals surface area contributed by atoms with Gasteiger partial charge in [-0.15, -0.1) is 0 Å². The average molecular weight is 515 g/mol. The van der Waals surface area contributed by atoms with Crippen LogP contribution in [0.15, 0.2) is 71.4 Å². The SMILES string of the molecule is Cc1ccc(NC(=O)c2ccc(NC3=C(Cl)C(=O)N(c4cccc(Cl)c4C)C3=O)cc2)cc1Cl. The van der Waals surface area contributed by atoms with E-state index >= 15 is 0 Å². The van der Waals surface area contributed by atoms with Crippen LogP contribution in [0.3, 0.4) is 0 Å². The van der Waals surface area contributed by atoms with E-state index in [2.05, 4.69) is 10.6 Å². The average Bonchev–Trinajstić information content (AvgIpc) is 3.02. The Hall–Kier alpha value is -3.32. The lowest BCUT2D eigenvalue weighted by Gasteiger charge is -2.18. The molecule has 3 aromatic rings. The number of imide groups is 1. The van der Waals surface area contributed by atoms with Crippen molar-refractivity contribution in [3.8, 4) is 0 Å². The number of hydrogen-bond donors (Lipinski definition) is 2. The van der Waals surface area contributed by atoms with Gasteiger partial charge in [0.25, 0.3) is 17.7 Å². The maximum absolute atomic E-state index is 13.0. The van der Waals surface area contributed by atoms with Crippen molar-refractivity contribution >= 4 is 69.6 Å². The lowest BCUT2D eigenvalue weighted by molar-refractivity contribution is -0.120. The number of carbonyl (C=O) groups is 3. The fraction of sp³-hybridized carbons (Fsp3) is 0.0800. The topological polar surface area (TPSA) is 78.5 Å². The maximum Gasteiger partial charge on any atom is 0.283 e. The van der Waals surface area contributed by atoms with E-state index in [1.54, 1.807) is 61.5 Å². The van der Waals surface area contributed by atoms with Crippen LogP contribution in [0.5, 0.6) is 0 Å². The van der Waals surface area contributed by atoms with Gasteiger partial charge in [0, 0.05) is 27.0 Å². The van der Waals surface area contributed by atoms with E-state index in [1.807, 2.05) is 13.0 Å². The van der Waals surface area contributed by atoms with E-state index in [9.17, 15) is 14.4 Å². The van der Waals surface area contributed by atoms with Gasteiger partial charge >= 0.3 is 0 Å². The molecule has 0 saturated heterocycles. The Balaban J connectivity index is 1.50. The second-order valence-corrected chi connectivity index (χ2v) is 8.83. The zero-order valence-electron chi connectivity index (χ0n) is 18.1. The van der Waals surface area contributed by atoms with Crippen molar-refractivity contribution in [3.63, 3.8) is 0 Å². The molecule has 0 fully saturated rings. The van der Waals surface area contributed by atoms with Crippen LogP contribution >= 0.6 is 34.8 Å².